The average Bonchev–Trinajstić information content (AvgIpc) is 3.53. The summed E-state index contributed by atoms with van der Waals surface area (Å²) in [5.41, 5.74) is 2.94. The van der Waals surface area contributed by atoms with Crippen molar-refractivity contribution in [3.63, 3.8) is 0 Å². The van der Waals surface area contributed by atoms with E-state index in [1.807, 2.05) is 47.4 Å². The number of piperazine rings is 1. The van der Waals surface area contributed by atoms with E-state index in [9.17, 15) is 9.59 Å². The normalized spacial score (nSPS) is 16.9. The lowest BCUT2D eigenvalue weighted by Gasteiger charge is -2.34. The molecule has 0 spiro atoms. The molecular weight excluding hydrogens is 440 g/mol. The molecule has 1 aliphatic heterocycles. The quantitative estimate of drug-likeness (QED) is 0.539. The Balaban J connectivity index is 1.10. The van der Waals surface area contributed by atoms with Gasteiger partial charge in [-0.2, -0.15) is 0 Å². The van der Waals surface area contributed by atoms with Gasteiger partial charge in [0.2, 0.25) is 5.91 Å². The number of amides is 2. The largest absolute Gasteiger partial charge is 0.352 e. The molecule has 6 nitrogen and oxygen atoms in total. The van der Waals surface area contributed by atoms with Crippen LogP contribution < -0.4 is 5.32 Å². The highest BCUT2D eigenvalue weighted by atomic mass is 32.2. The maximum Gasteiger partial charge on any atom is 0.253 e. The van der Waals surface area contributed by atoms with Gasteiger partial charge in [-0.1, -0.05) is 36.0 Å². The number of benzene rings is 2. The van der Waals surface area contributed by atoms with Crippen molar-refractivity contribution in [3.8, 4) is 0 Å². The third-order valence-electron chi connectivity index (χ3n) is 5.81. The Morgan fingerprint density at radius 2 is 1.78 bits per heavy atom. The fraction of sp³-hybridized carbons (Fsp3) is 0.375. The highest BCUT2D eigenvalue weighted by Gasteiger charge is 2.26. The van der Waals surface area contributed by atoms with E-state index in [-0.39, 0.29) is 11.8 Å². The van der Waals surface area contributed by atoms with Crippen molar-refractivity contribution >= 4 is 45.1 Å². The number of nitrogens with zero attached hydrogens (tertiary/aromatic N) is 3. The first-order valence-corrected chi connectivity index (χ1v) is 12.8. The van der Waals surface area contributed by atoms with Gasteiger partial charge < -0.3 is 10.2 Å². The Hall–Kier alpha value is -2.42. The molecule has 32 heavy (non-hydrogen) atoms. The molecule has 5 rings (SSSR count). The van der Waals surface area contributed by atoms with Gasteiger partial charge in [-0.05, 0) is 42.7 Å². The van der Waals surface area contributed by atoms with E-state index in [1.165, 1.54) is 10.3 Å². The lowest BCUT2D eigenvalue weighted by Crippen LogP contribution is -2.51. The van der Waals surface area contributed by atoms with Crippen LogP contribution in [0.25, 0.3) is 10.2 Å². The Bertz CT molecular complexity index is 1070. The van der Waals surface area contributed by atoms with E-state index in [4.69, 9.17) is 0 Å². The summed E-state index contributed by atoms with van der Waals surface area (Å²) in [6.45, 7) is 3.22. The van der Waals surface area contributed by atoms with E-state index in [0.717, 1.165) is 47.1 Å². The number of fused-ring (bicyclic) bond motifs is 1. The molecule has 2 aromatic carbocycles. The van der Waals surface area contributed by atoms with Crippen molar-refractivity contribution in [3.05, 3.63) is 59.7 Å². The summed E-state index contributed by atoms with van der Waals surface area (Å²) in [5, 5.41) is 3.03. The van der Waals surface area contributed by atoms with Crippen LogP contribution in [-0.4, -0.2) is 65.4 Å². The van der Waals surface area contributed by atoms with E-state index in [0.29, 0.717) is 25.7 Å². The molecule has 0 unspecified atom stereocenters. The number of carbonyl (C=O) groups excluding carboxylic acids is 2. The number of nitrogens with one attached hydrogen (secondary N) is 1. The van der Waals surface area contributed by atoms with Gasteiger partial charge in [-0.25, -0.2) is 4.98 Å². The topological polar surface area (TPSA) is 65.5 Å². The van der Waals surface area contributed by atoms with E-state index < -0.39 is 0 Å². The first-order valence-electron chi connectivity index (χ1n) is 11.0. The van der Waals surface area contributed by atoms with Crippen LogP contribution in [0.3, 0.4) is 0 Å². The van der Waals surface area contributed by atoms with Crippen LogP contribution >= 0.6 is 23.1 Å². The molecule has 2 aliphatic rings. The summed E-state index contributed by atoms with van der Waals surface area (Å²) in [7, 11) is 0. The predicted molar refractivity (Wildman–Crippen MR) is 129 cm³/mol. The Morgan fingerprint density at radius 3 is 2.50 bits per heavy atom. The highest BCUT2D eigenvalue weighted by molar-refractivity contribution is 8.00. The molecule has 0 atom stereocenters. The lowest BCUT2D eigenvalue weighted by atomic mass is 10.1. The molecule has 0 radical (unpaired) electrons. The number of para-hydroxylation sites is 1. The highest BCUT2D eigenvalue weighted by Crippen LogP contribution is 2.31. The minimum absolute atomic E-state index is 0.0671. The van der Waals surface area contributed by atoms with E-state index in [1.54, 1.807) is 23.1 Å². The summed E-state index contributed by atoms with van der Waals surface area (Å²) in [4.78, 5) is 33.6. The molecule has 1 saturated heterocycles. The maximum absolute atomic E-state index is 12.9. The number of aromatic nitrogens is 1. The van der Waals surface area contributed by atoms with Crippen LogP contribution in [0, 0.1) is 0 Å². The van der Waals surface area contributed by atoms with Gasteiger partial charge in [0.1, 0.15) is 0 Å². The zero-order valence-corrected chi connectivity index (χ0v) is 19.5. The molecule has 8 heteroatoms. The van der Waals surface area contributed by atoms with Crippen LogP contribution in [0.4, 0.5) is 0 Å². The summed E-state index contributed by atoms with van der Waals surface area (Å²) < 4.78 is 2.27. The van der Waals surface area contributed by atoms with Gasteiger partial charge in [0.15, 0.2) is 4.34 Å². The van der Waals surface area contributed by atoms with Crippen LogP contribution in [0.1, 0.15) is 28.8 Å². The van der Waals surface area contributed by atoms with Crippen LogP contribution in [0.15, 0.2) is 52.9 Å². The average molecular weight is 467 g/mol. The number of hydrogen-bond donors (Lipinski definition) is 1. The van der Waals surface area contributed by atoms with Crippen molar-refractivity contribution in [1.29, 1.82) is 0 Å². The van der Waals surface area contributed by atoms with Crippen molar-refractivity contribution < 1.29 is 9.59 Å². The predicted octanol–water partition coefficient (Wildman–Crippen LogP) is 3.63. The molecule has 1 N–H and O–H groups in total. The molecule has 1 aliphatic carbocycles. The van der Waals surface area contributed by atoms with Crippen LogP contribution in [-0.2, 0) is 10.5 Å². The third kappa shape index (κ3) is 5.31. The SMILES string of the molecule is O=C(CN1CCN(C(=O)c2ccc(CSc3nc4ccccc4s3)cc2)CC1)NC1CC1. The second kappa shape index (κ2) is 9.60. The van der Waals surface area contributed by atoms with Gasteiger partial charge in [0, 0.05) is 43.5 Å². The van der Waals surface area contributed by atoms with E-state index >= 15 is 0 Å². The number of rotatable bonds is 7. The van der Waals surface area contributed by atoms with Crippen molar-refractivity contribution in [2.45, 2.75) is 29.0 Å². The molecule has 166 valence electrons. The van der Waals surface area contributed by atoms with Gasteiger partial charge in [0.05, 0.1) is 16.8 Å². The summed E-state index contributed by atoms with van der Waals surface area (Å²) in [6.07, 6.45) is 2.21. The second-order valence-electron chi connectivity index (χ2n) is 8.34. The zero-order valence-electron chi connectivity index (χ0n) is 17.8. The monoisotopic (exact) mass is 466 g/mol. The fourth-order valence-electron chi connectivity index (χ4n) is 3.80. The summed E-state index contributed by atoms with van der Waals surface area (Å²) >= 11 is 3.44. The molecular formula is C24H26N4O2S2. The minimum Gasteiger partial charge on any atom is -0.352 e. The maximum atomic E-state index is 12.9. The Kier molecular flexibility index (Phi) is 6.43. The zero-order chi connectivity index (χ0) is 21.9. The number of thioether (sulfide) groups is 1. The first kappa shape index (κ1) is 21.4. The Morgan fingerprint density at radius 1 is 1.03 bits per heavy atom. The summed E-state index contributed by atoms with van der Waals surface area (Å²) in [6, 6.07) is 16.5. The van der Waals surface area contributed by atoms with Gasteiger partial charge in [-0.15, -0.1) is 11.3 Å². The van der Waals surface area contributed by atoms with E-state index in [2.05, 4.69) is 21.3 Å². The van der Waals surface area contributed by atoms with Crippen molar-refractivity contribution in [2.75, 3.05) is 32.7 Å². The molecule has 2 amide bonds. The third-order valence-corrected chi connectivity index (χ3v) is 8.06. The first-order chi connectivity index (χ1) is 15.6. The molecule has 0 bridgehead atoms. The molecule has 3 aromatic rings. The second-order valence-corrected chi connectivity index (χ2v) is 10.6. The lowest BCUT2D eigenvalue weighted by molar-refractivity contribution is -0.122. The number of carbonyl (C=O) groups is 2. The van der Waals surface area contributed by atoms with Gasteiger partial charge >= 0.3 is 0 Å². The smallest absolute Gasteiger partial charge is 0.253 e. The fourth-order valence-corrected chi connectivity index (χ4v) is 5.82. The number of thiazole rings is 1. The molecule has 2 fully saturated rings. The van der Waals surface area contributed by atoms with Crippen molar-refractivity contribution in [1.82, 2.24) is 20.1 Å². The van der Waals surface area contributed by atoms with Gasteiger partial charge in [-0.3, -0.25) is 14.5 Å². The Labute approximate surface area is 196 Å². The summed E-state index contributed by atoms with van der Waals surface area (Å²) in [5.74, 6) is 1.000. The van der Waals surface area contributed by atoms with Gasteiger partial charge in [0.25, 0.3) is 5.91 Å². The standard InChI is InChI=1S/C24H26N4O2S2/c29-22(25-19-9-10-19)15-27-11-13-28(14-12-27)23(30)18-7-5-17(6-8-18)16-31-24-26-20-3-1-2-4-21(20)32-24/h1-8,19H,9-16H2,(H,25,29). The molecule has 2 heterocycles. The van der Waals surface area contributed by atoms with Crippen LogP contribution in [0.5, 0.6) is 0 Å². The number of hydrogen-bond acceptors (Lipinski definition) is 6. The van der Waals surface area contributed by atoms with Crippen LogP contribution in [0.2, 0.25) is 0 Å². The minimum atomic E-state index is 0.0671. The molecule has 1 saturated carbocycles. The van der Waals surface area contributed by atoms with Crippen molar-refractivity contribution in [2.24, 2.45) is 0 Å². The molecule has 1 aromatic heterocycles.